The first kappa shape index (κ1) is 22.4. The standard InChI is InChI=1S/C27H33N3O2S/c31-33(32,27-15-8-10-23-9-4-5-14-26(23)27)30-17-7-6-13-25(30)16-18-28-19-21-29(22-20-28)24-11-2-1-3-12-24/h1-5,8-12,14-15,25H,6-7,13,16-22H2. The highest BCUT2D eigenvalue weighted by Crippen LogP contribution is 2.31. The van der Waals surface area contributed by atoms with Gasteiger partial charge in [0.15, 0.2) is 0 Å². The first-order chi connectivity index (χ1) is 16.1. The summed E-state index contributed by atoms with van der Waals surface area (Å²) < 4.78 is 29.3. The van der Waals surface area contributed by atoms with E-state index in [1.165, 1.54) is 5.69 Å². The molecule has 6 heteroatoms. The Morgan fingerprint density at radius 3 is 2.30 bits per heavy atom. The third kappa shape index (κ3) is 4.79. The minimum atomic E-state index is -3.53. The van der Waals surface area contributed by atoms with Crippen molar-refractivity contribution in [1.82, 2.24) is 9.21 Å². The van der Waals surface area contributed by atoms with Crippen molar-refractivity contribution >= 4 is 26.5 Å². The molecule has 0 spiro atoms. The number of fused-ring (bicyclic) bond motifs is 1. The van der Waals surface area contributed by atoms with Gasteiger partial charge in [0, 0.05) is 49.8 Å². The molecule has 2 heterocycles. The summed E-state index contributed by atoms with van der Waals surface area (Å²) >= 11 is 0. The van der Waals surface area contributed by atoms with Gasteiger partial charge in [-0.1, -0.05) is 61.0 Å². The van der Waals surface area contributed by atoms with Gasteiger partial charge in [0.2, 0.25) is 10.0 Å². The summed E-state index contributed by atoms with van der Waals surface area (Å²) in [5.41, 5.74) is 1.29. The van der Waals surface area contributed by atoms with E-state index in [4.69, 9.17) is 0 Å². The van der Waals surface area contributed by atoms with E-state index in [0.717, 1.165) is 69.2 Å². The van der Waals surface area contributed by atoms with Crippen LogP contribution in [0.3, 0.4) is 0 Å². The van der Waals surface area contributed by atoms with Crippen molar-refractivity contribution in [1.29, 1.82) is 0 Å². The van der Waals surface area contributed by atoms with Crippen LogP contribution < -0.4 is 4.90 Å². The third-order valence-electron chi connectivity index (χ3n) is 7.18. The zero-order valence-electron chi connectivity index (χ0n) is 19.1. The number of hydrogen-bond acceptors (Lipinski definition) is 4. The summed E-state index contributed by atoms with van der Waals surface area (Å²) in [4.78, 5) is 5.38. The second-order valence-corrected chi connectivity index (χ2v) is 11.1. The molecule has 5 rings (SSSR count). The van der Waals surface area contributed by atoms with Crippen LogP contribution in [0.2, 0.25) is 0 Å². The molecule has 33 heavy (non-hydrogen) atoms. The lowest BCUT2D eigenvalue weighted by molar-refractivity contribution is 0.193. The molecule has 2 fully saturated rings. The zero-order valence-corrected chi connectivity index (χ0v) is 20.0. The predicted octanol–water partition coefficient (Wildman–Crippen LogP) is 4.60. The Bertz CT molecular complexity index is 1170. The molecule has 2 saturated heterocycles. The van der Waals surface area contributed by atoms with Gasteiger partial charge in [-0.25, -0.2) is 8.42 Å². The van der Waals surface area contributed by atoms with Gasteiger partial charge >= 0.3 is 0 Å². The molecule has 0 N–H and O–H groups in total. The Hall–Kier alpha value is -2.41. The van der Waals surface area contributed by atoms with Crippen molar-refractivity contribution in [3.05, 3.63) is 72.8 Å². The monoisotopic (exact) mass is 463 g/mol. The summed E-state index contributed by atoms with van der Waals surface area (Å²) in [6.45, 7) is 5.67. The summed E-state index contributed by atoms with van der Waals surface area (Å²) in [6, 6.07) is 24.1. The van der Waals surface area contributed by atoms with E-state index in [1.54, 1.807) is 10.4 Å². The van der Waals surface area contributed by atoms with Crippen LogP contribution in [0.25, 0.3) is 10.8 Å². The van der Waals surface area contributed by atoms with Crippen molar-refractivity contribution in [2.45, 2.75) is 36.6 Å². The molecule has 0 bridgehead atoms. The van der Waals surface area contributed by atoms with Gasteiger partial charge in [0.05, 0.1) is 4.90 Å². The molecule has 0 amide bonds. The average molecular weight is 464 g/mol. The number of anilines is 1. The SMILES string of the molecule is O=S(=O)(c1cccc2ccccc12)N1CCCCC1CCN1CCN(c2ccccc2)CC1. The Morgan fingerprint density at radius 2 is 1.48 bits per heavy atom. The molecule has 5 nitrogen and oxygen atoms in total. The second kappa shape index (κ2) is 9.84. The number of rotatable bonds is 6. The molecular weight excluding hydrogens is 430 g/mol. The Balaban J connectivity index is 1.26. The number of piperidine rings is 1. The molecule has 3 aromatic carbocycles. The number of para-hydroxylation sites is 1. The highest BCUT2D eigenvalue weighted by molar-refractivity contribution is 7.89. The summed E-state index contributed by atoms with van der Waals surface area (Å²) in [5.74, 6) is 0. The van der Waals surface area contributed by atoms with Gasteiger partial charge in [0.1, 0.15) is 0 Å². The fraction of sp³-hybridized carbons (Fsp3) is 0.407. The largest absolute Gasteiger partial charge is 0.369 e. The van der Waals surface area contributed by atoms with Crippen LogP contribution in [-0.2, 0) is 10.0 Å². The fourth-order valence-electron chi connectivity index (χ4n) is 5.33. The highest BCUT2D eigenvalue weighted by atomic mass is 32.2. The molecule has 1 atom stereocenters. The highest BCUT2D eigenvalue weighted by Gasteiger charge is 2.34. The minimum absolute atomic E-state index is 0.0786. The first-order valence-electron chi connectivity index (χ1n) is 12.1. The van der Waals surface area contributed by atoms with E-state index in [9.17, 15) is 8.42 Å². The Kier molecular flexibility index (Phi) is 6.67. The maximum absolute atomic E-state index is 13.8. The molecule has 0 aromatic heterocycles. The van der Waals surface area contributed by atoms with Gasteiger partial charge in [-0.3, -0.25) is 4.90 Å². The van der Waals surface area contributed by atoms with Crippen LogP contribution in [0.15, 0.2) is 77.7 Å². The molecule has 0 saturated carbocycles. The van der Waals surface area contributed by atoms with Crippen molar-refractivity contribution in [3.8, 4) is 0 Å². The molecule has 174 valence electrons. The maximum Gasteiger partial charge on any atom is 0.243 e. The second-order valence-electron chi connectivity index (χ2n) is 9.20. The normalized spacial score (nSPS) is 20.8. The number of piperazine rings is 1. The van der Waals surface area contributed by atoms with Crippen LogP contribution in [0, 0.1) is 0 Å². The van der Waals surface area contributed by atoms with E-state index in [2.05, 4.69) is 40.1 Å². The first-order valence-corrected chi connectivity index (χ1v) is 13.6. The molecule has 0 radical (unpaired) electrons. The number of hydrogen-bond donors (Lipinski definition) is 0. The van der Waals surface area contributed by atoms with Gasteiger partial charge in [-0.05, 0) is 49.4 Å². The van der Waals surface area contributed by atoms with Gasteiger partial charge in [-0.15, -0.1) is 0 Å². The van der Waals surface area contributed by atoms with Crippen LogP contribution in [0.4, 0.5) is 5.69 Å². The molecular formula is C27H33N3O2S. The topological polar surface area (TPSA) is 43.9 Å². The Morgan fingerprint density at radius 1 is 0.758 bits per heavy atom. The zero-order chi connectivity index (χ0) is 22.7. The van der Waals surface area contributed by atoms with E-state index in [1.807, 2.05) is 36.4 Å². The molecule has 3 aromatic rings. The number of benzene rings is 3. The lowest BCUT2D eigenvalue weighted by atomic mass is 10.0. The van der Waals surface area contributed by atoms with Crippen LogP contribution >= 0.6 is 0 Å². The lowest BCUT2D eigenvalue weighted by Crippen LogP contribution is -2.49. The maximum atomic E-state index is 13.8. The molecule has 2 aliphatic heterocycles. The molecule has 0 aliphatic carbocycles. The van der Waals surface area contributed by atoms with Crippen LogP contribution in [0.5, 0.6) is 0 Å². The van der Waals surface area contributed by atoms with Gasteiger partial charge < -0.3 is 4.90 Å². The van der Waals surface area contributed by atoms with E-state index < -0.39 is 10.0 Å². The van der Waals surface area contributed by atoms with Crippen LogP contribution in [-0.4, -0.2) is 62.9 Å². The van der Waals surface area contributed by atoms with Crippen molar-refractivity contribution in [2.24, 2.45) is 0 Å². The third-order valence-corrected chi connectivity index (χ3v) is 9.19. The van der Waals surface area contributed by atoms with Crippen molar-refractivity contribution < 1.29 is 8.42 Å². The smallest absolute Gasteiger partial charge is 0.243 e. The Labute approximate surface area is 197 Å². The minimum Gasteiger partial charge on any atom is -0.369 e. The van der Waals surface area contributed by atoms with Gasteiger partial charge in [0.25, 0.3) is 0 Å². The molecule has 2 aliphatic rings. The predicted molar refractivity (Wildman–Crippen MR) is 135 cm³/mol. The number of sulfonamides is 1. The summed E-state index contributed by atoms with van der Waals surface area (Å²) in [5, 5.41) is 1.80. The number of nitrogens with zero attached hydrogens (tertiary/aromatic N) is 3. The van der Waals surface area contributed by atoms with Crippen molar-refractivity contribution in [3.63, 3.8) is 0 Å². The summed E-state index contributed by atoms with van der Waals surface area (Å²) in [7, 11) is -3.53. The van der Waals surface area contributed by atoms with E-state index in [-0.39, 0.29) is 6.04 Å². The van der Waals surface area contributed by atoms with E-state index in [0.29, 0.717) is 11.4 Å². The van der Waals surface area contributed by atoms with Crippen LogP contribution in [0.1, 0.15) is 25.7 Å². The lowest BCUT2D eigenvalue weighted by Gasteiger charge is -2.39. The average Bonchev–Trinajstić information content (AvgIpc) is 2.88. The van der Waals surface area contributed by atoms with E-state index >= 15 is 0 Å². The fourth-order valence-corrected chi connectivity index (χ4v) is 7.27. The summed E-state index contributed by atoms with van der Waals surface area (Å²) in [6.07, 6.45) is 3.90. The quantitative estimate of drug-likeness (QED) is 0.536. The van der Waals surface area contributed by atoms with Crippen molar-refractivity contribution in [2.75, 3.05) is 44.2 Å². The van der Waals surface area contributed by atoms with Gasteiger partial charge in [-0.2, -0.15) is 4.31 Å². The molecule has 1 unspecified atom stereocenters.